The molecule has 15 nitrogen and oxygen atoms in total. The fourth-order valence-corrected chi connectivity index (χ4v) is 11.2. The molecule has 3 atom stereocenters. The Labute approximate surface area is 786 Å². The quantitative estimate of drug-likeness (QED) is 0.0203. The van der Waals surface area contributed by atoms with Gasteiger partial charge in [0.2, 0.25) is 0 Å². The van der Waals surface area contributed by atoms with Crippen LogP contribution in [0.2, 0.25) is 0 Å². The van der Waals surface area contributed by atoms with Crippen molar-refractivity contribution in [2.24, 2.45) is 0 Å². The van der Waals surface area contributed by atoms with Crippen LogP contribution in [0.3, 0.4) is 0 Å². The van der Waals surface area contributed by atoms with Crippen LogP contribution >= 0.6 is 0 Å². The summed E-state index contributed by atoms with van der Waals surface area (Å²) in [4.78, 5) is 56.9. The maximum absolute atomic E-state index is 13.3. The smallest absolute Gasteiger partial charge is 0.460 e. The third-order valence-corrected chi connectivity index (χ3v) is 21.2. The summed E-state index contributed by atoms with van der Waals surface area (Å²) in [5.74, 6) is -45.2. The SMILES string of the molecule is CCC(C)(C)c1ccc(OCC(=O)OCCC(F)(F)C(F)(F)C(F)(F)C(F)(F)F)cc1.CCC(C)(C)c1ccc2cc(OCC(=O)OC(C(F)(F)F)C(F)(F)F)ccc2c1.CCC(C)c1ccc(OCC(=O)OC(C(F)(F)F)C(F)(F)F)cc1.CCC(C)c1ccc(OCC(=O)OCCC(F)(F)C(F)(F)C(F)(F)C(F)(F)F)cc1.CCC(C)c1ccc2cc(OCC(=O)OC(C(F)(F)F)C(F)(F)F)ccc2c1. The second kappa shape index (κ2) is 49.9. The fourth-order valence-electron chi connectivity index (χ4n) is 11.2. The molecule has 7 aromatic rings. The van der Waals surface area contributed by atoms with Gasteiger partial charge in [0.25, 0.3) is 18.3 Å². The van der Waals surface area contributed by atoms with Crippen molar-refractivity contribution in [3.8, 4) is 28.7 Å². The van der Waals surface area contributed by atoms with Crippen LogP contribution < -0.4 is 23.7 Å². The van der Waals surface area contributed by atoms with Gasteiger partial charge in [-0.25, -0.2) is 24.0 Å². The summed E-state index contributed by atoms with van der Waals surface area (Å²) in [5, 5.41) is 3.27. The summed E-state index contributed by atoms with van der Waals surface area (Å²) in [6.45, 7) is 16.4. The van der Waals surface area contributed by atoms with Crippen molar-refractivity contribution in [2.75, 3.05) is 46.2 Å². The van der Waals surface area contributed by atoms with Crippen molar-refractivity contribution < 1.29 is 229 Å². The number of esters is 5. The number of hydrogen-bond acceptors (Lipinski definition) is 15. The first-order valence-corrected chi connectivity index (χ1v) is 41.8. The third kappa shape index (κ3) is 36.6. The molecule has 0 bridgehead atoms. The van der Waals surface area contributed by atoms with E-state index in [4.69, 9.17) is 23.7 Å². The zero-order valence-corrected chi connectivity index (χ0v) is 76.5. The minimum absolute atomic E-state index is 0.0272. The zero-order chi connectivity index (χ0) is 109. The lowest BCUT2D eigenvalue weighted by Crippen LogP contribution is -2.61. The molecule has 51 heteroatoms. The summed E-state index contributed by atoms with van der Waals surface area (Å²) >= 11 is 0. The number of alkyl halides is 36. The number of benzene rings is 7. The largest absolute Gasteiger partial charge is 0.482 e. The molecule has 0 radical (unpaired) electrons. The average Bonchev–Trinajstić information content (AvgIpc) is 0.745. The molecule has 0 saturated carbocycles. The van der Waals surface area contributed by atoms with E-state index in [1.807, 2.05) is 84.9 Å². The van der Waals surface area contributed by atoms with Crippen LogP contribution in [0, 0.1) is 0 Å². The molecule has 7 rings (SSSR count). The topological polar surface area (TPSA) is 178 Å². The molecule has 7 aromatic carbocycles. The van der Waals surface area contributed by atoms with Gasteiger partial charge in [0.1, 0.15) is 28.7 Å². The maximum Gasteiger partial charge on any atom is 0.460 e. The highest BCUT2D eigenvalue weighted by Crippen LogP contribution is 2.56. The van der Waals surface area contributed by atoms with E-state index in [1.54, 1.807) is 48.5 Å². The Kier molecular flexibility index (Phi) is 44.0. The second-order valence-corrected chi connectivity index (χ2v) is 32.5. The number of fused-ring (bicyclic) bond motifs is 2. The molecule has 0 aliphatic heterocycles. The summed E-state index contributed by atoms with van der Waals surface area (Å²) in [6.07, 6.45) is -60.9. The third-order valence-electron chi connectivity index (χ3n) is 21.2. The van der Waals surface area contributed by atoms with Crippen molar-refractivity contribution >= 4 is 51.4 Å². The summed E-state index contributed by atoms with van der Waals surface area (Å²) in [5.41, 5.74) is 5.07. The Balaban J connectivity index is 0.000000457. The molecule has 3 unspecified atom stereocenters. The Morgan fingerprint density at radius 2 is 0.486 bits per heavy atom. The van der Waals surface area contributed by atoms with E-state index >= 15 is 0 Å². The predicted octanol–water partition coefficient (Wildman–Crippen LogP) is 28.5. The van der Waals surface area contributed by atoms with Crippen LogP contribution in [0.15, 0.2) is 146 Å². The van der Waals surface area contributed by atoms with E-state index in [0.717, 1.165) is 81.5 Å². The predicted molar refractivity (Wildman–Crippen MR) is 436 cm³/mol. The van der Waals surface area contributed by atoms with Crippen molar-refractivity contribution in [1.29, 1.82) is 0 Å². The average molecular weight is 2110 g/mol. The first-order valence-electron chi connectivity index (χ1n) is 41.8. The number of carbonyl (C=O) groups excluding carboxylic acids is 5. The lowest BCUT2D eigenvalue weighted by Gasteiger charge is -2.33. The second-order valence-electron chi connectivity index (χ2n) is 32.5. The molecular weight excluding hydrogens is 2020 g/mol. The lowest BCUT2D eigenvalue weighted by atomic mass is 9.81. The monoisotopic (exact) mass is 2110 g/mol. The van der Waals surface area contributed by atoms with Gasteiger partial charge in [-0.1, -0.05) is 168 Å². The number of hydrogen-bond donors (Lipinski definition) is 0. The highest BCUT2D eigenvalue weighted by atomic mass is 19.5. The van der Waals surface area contributed by atoms with E-state index in [2.05, 4.69) is 58.3 Å². The van der Waals surface area contributed by atoms with Crippen LogP contribution in [0.5, 0.6) is 28.7 Å². The molecule has 800 valence electrons. The van der Waals surface area contributed by atoms with Gasteiger partial charge >= 0.3 is 115 Å². The van der Waals surface area contributed by atoms with Crippen molar-refractivity contribution in [1.82, 2.24) is 0 Å². The normalized spacial score (nSPS) is 13.7. The number of rotatable bonds is 38. The lowest BCUT2D eigenvalue weighted by molar-refractivity contribution is -0.397. The highest BCUT2D eigenvalue weighted by Gasteiger charge is 2.83. The minimum atomic E-state index is -6.98. The van der Waals surface area contributed by atoms with Crippen molar-refractivity contribution in [3.05, 3.63) is 173 Å². The van der Waals surface area contributed by atoms with E-state index in [-0.39, 0.29) is 51.4 Å². The van der Waals surface area contributed by atoms with E-state index < -0.39 is 192 Å². The Morgan fingerprint density at radius 3 is 0.768 bits per heavy atom. The Hall–Kier alpha value is -11.1. The molecule has 142 heavy (non-hydrogen) atoms. The van der Waals surface area contributed by atoms with Crippen LogP contribution in [-0.4, -0.2) is 179 Å². The van der Waals surface area contributed by atoms with E-state index in [9.17, 15) is 182 Å². The summed E-state index contributed by atoms with van der Waals surface area (Å²) in [7, 11) is 0. The molecule has 0 spiro atoms. The summed E-state index contributed by atoms with van der Waals surface area (Å²) < 4.78 is 495. The molecule has 0 N–H and O–H groups in total. The van der Waals surface area contributed by atoms with Gasteiger partial charge in [0, 0.05) is 0 Å². The molecule has 0 aliphatic rings. The van der Waals surface area contributed by atoms with Gasteiger partial charge < -0.3 is 47.4 Å². The number of ether oxygens (including phenoxy) is 10. The van der Waals surface area contributed by atoms with Gasteiger partial charge in [0.15, 0.2) is 33.0 Å². The molecule has 0 aliphatic carbocycles. The number of halogens is 36. The van der Waals surface area contributed by atoms with Crippen molar-refractivity contribution in [2.45, 2.75) is 260 Å². The standard InChI is InChI=1S/C20H20F6O3.C19H21F9O3.C19H18F6O3.C18H19F9O3.C15H16F6O3/c1-4-18(2,3)14-7-5-13-10-15(8-6-12(13)9-14)28-11-16(27)29-17(19(21,22)23)20(24,25)26;1-4-15(2,3)12-5-7-13(8-6-12)31-11-14(29)30-10-9-16(20,21)17(22,23)18(24,25)19(26,27)28;1-3-11(2)12-4-5-14-9-15(7-6-13(14)8-12)27-10-16(26)28-17(18(20,21)22)19(23,24)25;1-3-11(2)12-4-6-13(7-5-12)30-10-14(28)29-9-8-15(19,20)16(21,22)17(23,24)18(25,26)27;1-3-9(2)10-4-6-11(7-5-10)23-8-12(22)24-13(14(16,17)18)15(19,20)21/h5-10,17H,4,11H2,1-3H3;5-8H,4,9-11H2,1-3H3;4-9,11,17H,3,10H2,1-2H3;4-7,11H,3,8-10H2,1-2H3;4-7,9,13H,3,8H2,1-2H3. The molecule has 0 fully saturated rings. The molecular formula is C91H94F36O15. The zero-order valence-electron chi connectivity index (χ0n) is 76.5. The van der Waals surface area contributed by atoms with Gasteiger partial charge in [-0.15, -0.1) is 0 Å². The van der Waals surface area contributed by atoms with Gasteiger partial charge in [-0.3, -0.25) is 0 Å². The van der Waals surface area contributed by atoms with E-state index in [1.165, 1.54) is 60.7 Å². The Bertz CT molecular complexity index is 5100. The maximum atomic E-state index is 13.3. The van der Waals surface area contributed by atoms with Gasteiger partial charge in [0.05, 0.1) is 26.1 Å². The van der Waals surface area contributed by atoms with Crippen LogP contribution in [0.4, 0.5) is 158 Å². The minimum Gasteiger partial charge on any atom is -0.482 e. The highest BCUT2D eigenvalue weighted by molar-refractivity contribution is 5.86. The van der Waals surface area contributed by atoms with Crippen LogP contribution in [-0.2, 0) is 58.5 Å². The molecule has 0 saturated heterocycles. The molecule has 0 aromatic heterocycles. The molecule has 0 heterocycles. The van der Waals surface area contributed by atoms with E-state index in [0.29, 0.717) is 5.92 Å². The summed E-state index contributed by atoms with van der Waals surface area (Å²) in [6, 6.07) is 40.2. The first kappa shape index (κ1) is 125. The molecule has 0 amide bonds. The first-order chi connectivity index (χ1) is 64.5. The van der Waals surface area contributed by atoms with Crippen LogP contribution in [0.25, 0.3) is 21.5 Å². The van der Waals surface area contributed by atoms with Crippen LogP contribution in [0.1, 0.15) is 174 Å². The van der Waals surface area contributed by atoms with Crippen molar-refractivity contribution in [3.63, 3.8) is 0 Å². The fraction of sp³-hybridized carbons (Fsp3) is 0.527. The van der Waals surface area contributed by atoms with Gasteiger partial charge in [-0.05, 0) is 171 Å². The Morgan fingerprint density at radius 1 is 0.261 bits per heavy atom. The van der Waals surface area contributed by atoms with Gasteiger partial charge in [-0.2, -0.15) is 158 Å². The number of carbonyl (C=O) groups is 5.